The molecule has 0 amide bonds. The first-order chi connectivity index (χ1) is 8.46. The van der Waals surface area contributed by atoms with Crippen molar-refractivity contribution in [1.82, 2.24) is 13.9 Å². The van der Waals surface area contributed by atoms with Gasteiger partial charge in [0.05, 0.1) is 25.6 Å². The Hall–Kier alpha value is -1.16. The van der Waals surface area contributed by atoms with Crippen molar-refractivity contribution >= 4 is 15.8 Å². The predicted octanol–water partition coefficient (Wildman–Crippen LogP) is -1.62. The third-order valence-electron chi connectivity index (χ3n) is 2.80. The molecule has 102 valence electrons. The van der Waals surface area contributed by atoms with E-state index in [1.165, 1.54) is 15.2 Å². The van der Waals surface area contributed by atoms with E-state index in [4.69, 9.17) is 15.6 Å². The Labute approximate surface area is 105 Å². The van der Waals surface area contributed by atoms with Gasteiger partial charge < -0.3 is 20.1 Å². The summed E-state index contributed by atoms with van der Waals surface area (Å²) in [5, 5.41) is 9.00. The first-order valence-corrected chi connectivity index (χ1v) is 6.90. The zero-order chi connectivity index (χ0) is 13.3. The maximum atomic E-state index is 12.4. The molecule has 3 N–H and O–H groups in total. The largest absolute Gasteiger partial charge is 0.394 e. The van der Waals surface area contributed by atoms with Crippen molar-refractivity contribution in [2.45, 2.75) is 11.1 Å². The molecule has 0 saturated carbocycles. The fourth-order valence-electron chi connectivity index (χ4n) is 1.89. The van der Waals surface area contributed by atoms with Crippen LogP contribution in [-0.2, 0) is 21.8 Å². The number of hydrogen-bond acceptors (Lipinski definition) is 6. The van der Waals surface area contributed by atoms with E-state index < -0.39 is 16.1 Å². The summed E-state index contributed by atoms with van der Waals surface area (Å²) in [5.41, 5.74) is 5.58. The molecule has 1 aliphatic heterocycles. The lowest BCUT2D eigenvalue weighted by Gasteiger charge is -2.31. The predicted molar refractivity (Wildman–Crippen MR) is 63.2 cm³/mol. The van der Waals surface area contributed by atoms with Gasteiger partial charge in [-0.3, -0.25) is 0 Å². The van der Waals surface area contributed by atoms with Crippen molar-refractivity contribution in [3.8, 4) is 0 Å². The first-order valence-electron chi connectivity index (χ1n) is 5.46. The van der Waals surface area contributed by atoms with Gasteiger partial charge in [-0.05, 0) is 0 Å². The molecule has 0 radical (unpaired) electrons. The third kappa shape index (κ3) is 2.21. The van der Waals surface area contributed by atoms with Crippen LogP contribution in [0.15, 0.2) is 11.4 Å². The van der Waals surface area contributed by atoms with Gasteiger partial charge in [-0.15, -0.1) is 0 Å². The van der Waals surface area contributed by atoms with Crippen molar-refractivity contribution in [2.75, 3.05) is 32.0 Å². The first kappa shape index (κ1) is 13.3. The average molecular weight is 276 g/mol. The van der Waals surface area contributed by atoms with E-state index >= 15 is 0 Å². The summed E-state index contributed by atoms with van der Waals surface area (Å²) in [6.45, 7) is 0.391. The van der Waals surface area contributed by atoms with E-state index in [0.29, 0.717) is 0 Å². The van der Waals surface area contributed by atoms with Crippen molar-refractivity contribution in [1.29, 1.82) is 0 Å². The maximum absolute atomic E-state index is 12.4. The number of hydrogen-bond donors (Lipinski definition) is 2. The molecule has 18 heavy (non-hydrogen) atoms. The lowest BCUT2D eigenvalue weighted by molar-refractivity contribution is -0.0305. The Morgan fingerprint density at radius 1 is 1.67 bits per heavy atom. The summed E-state index contributed by atoms with van der Waals surface area (Å²) in [6, 6.07) is 0. The molecule has 1 saturated heterocycles. The number of aryl methyl sites for hydroxylation is 1. The monoisotopic (exact) mass is 276 g/mol. The number of morpholine rings is 1. The number of rotatable bonds is 3. The van der Waals surface area contributed by atoms with Crippen LogP contribution < -0.4 is 5.73 Å². The number of ether oxygens (including phenoxy) is 1. The van der Waals surface area contributed by atoms with Gasteiger partial charge >= 0.3 is 0 Å². The summed E-state index contributed by atoms with van der Waals surface area (Å²) < 4.78 is 32.6. The minimum atomic E-state index is -3.71. The molecule has 1 fully saturated rings. The normalized spacial score (nSPS) is 22.2. The second-order valence-corrected chi connectivity index (χ2v) is 5.94. The van der Waals surface area contributed by atoms with Crippen molar-refractivity contribution in [2.24, 2.45) is 7.05 Å². The molecule has 1 unspecified atom stereocenters. The highest BCUT2D eigenvalue weighted by Crippen LogP contribution is 2.22. The van der Waals surface area contributed by atoms with Gasteiger partial charge in [0.15, 0.2) is 10.8 Å². The van der Waals surface area contributed by atoms with Crippen LogP contribution in [0.4, 0.5) is 5.82 Å². The van der Waals surface area contributed by atoms with Crippen LogP contribution in [0.25, 0.3) is 0 Å². The number of nitrogens with two attached hydrogens (primary N) is 1. The highest BCUT2D eigenvalue weighted by atomic mass is 32.2. The van der Waals surface area contributed by atoms with E-state index in [1.54, 1.807) is 7.05 Å². The van der Waals surface area contributed by atoms with Gasteiger partial charge in [0.25, 0.3) is 10.0 Å². The number of anilines is 1. The molecule has 1 aromatic rings. The molecule has 0 spiro atoms. The Kier molecular flexibility index (Phi) is 3.57. The molecule has 2 heterocycles. The van der Waals surface area contributed by atoms with Gasteiger partial charge in [0.1, 0.15) is 0 Å². The SMILES string of the molecule is Cn1cnc(N)c1S(=O)(=O)N1CCOC(CO)C1. The van der Waals surface area contributed by atoms with Crippen LogP contribution in [0.1, 0.15) is 0 Å². The molecular weight excluding hydrogens is 260 g/mol. The molecule has 8 nitrogen and oxygen atoms in total. The zero-order valence-electron chi connectivity index (χ0n) is 9.98. The Balaban J connectivity index is 2.31. The number of imidazole rings is 1. The molecule has 0 aliphatic carbocycles. The van der Waals surface area contributed by atoms with E-state index in [0.717, 1.165) is 0 Å². The van der Waals surface area contributed by atoms with E-state index in [-0.39, 0.29) is 37.1 Å². The zero-order valence-corrected chi connectivity index (χ0v) is 10.8. The van der Waals surface area contributed by atoms with E-state index in [9.17, 15) is 8.42 Å². The smallest absolute Gasteiger partial charge is 0.262 e. The second kappa shape index (κ2) is 4.84. The molecule has 1 atom stereocenters. The Bertz CT molecular complexity index is 507. The Morgan fingerprint density at radius 2 is 2.39 bits per heavy atom. The topological polar surface area (TPSA) is 111 Å². The Morgan fingerprint density at radius 3 is 2.94 bits per heavy atom. The van der Waals surface area contributed by atoms with Crippen molar-refractivity contribution < 1.29 is 18.3 Å². The van der Waals surface area contributed by atoms with Crippen molar-refractivity contribution in [3.63, 3.8) is 0 Å². The number of sulfonamides is 1. The molecule has 9 heteroatoms. The van der Waals surface area contributed by atoms with Crippen LogP contribution in [0, 0.1) is 0 Å². The number of aliphatic hydroxyl groups is 1. The molecule has 1 aromatic heterocycles. The second-order valence-electron chi connectivity index (χ2n) is 4.08. The van der Waals surface area contributed by atoms with Crippen molar-refractivity contribution in [3.05, 3.63) is 6.33 Å². The quantitative estimate of drug-likeness (QED) is 0.687. The highest BCUT2D eigenvalue weighted by molar-refractivity contribution is 7.89. The maximum Gasteiger partial charge on any atom is 0.262 e. The number of nitrogen functional groups attached to an aromatic ring is 1. The third-order valence-corrected chi connectivity index (χ3v) is 4.80. The summed E-state index contributed by atoms with van der Waals surface area (Å²) in [6.07, 6.45) is 0.856. The van der Waals surface area contributed by atoms with Gasteiger partial charge in [-0.2, -0.15) is 4.31 Å². The minimum Gasteiger partial charge on any atom is -0.394 e. The van der Waals surface area contributed by atoms with E-state index in [2.05, 4.69) is 4.98 Å². The molecule has 1 aliphatic rings. The summed E-state index contributed by atoms with van der Waals surface area (Å²) >= 11 is 0. The number of nitrogens with zero attached hydrogens (tertiary/aromatic N) is 3. The average Bonchev–Trinajstić information content (AvgIpc) is 2.69. The van der Waals surface area contributed by atoms with Crippen LogP contribution >= 0.6 is 0 Å². The minimum absolute atomic E-state index is 0.0236. The van der Waals surface area contributed by atoms with E-state index in [1.807, 2.05) is 0 Å². The lowest BCUT2D eigenvalue weighted by atomic mass is 10.3. The fourth-order valence-corrected chi connectivity index (χ4v) is 3.54. The standard InChI is InChI=1S/C9H16N4O4S/c1-12-6-11-8(10)9(12)18(15,16)13-2-3-17-7(4-13)5-14/h6-7,14H,2-5,10H2,1H3. The molecule has 0 bridgehead atoms. The van der Waals surface area contributed by atoms with Crippen LogP contribution in [0.5, 0.6) is 0 Å². The van der Waals surface area contributed by atoms with Crippen LogP contribution in [0.2, 0.25) is 0 Å². The van der Waals surface area contributed by atoms with Crippen LogP contribution in [-0.4, -0.2) is 59.8 Å². The van der Waals surface area contributed by atoms with Gasteiger partial charge in [0.2, 0.25) is 0 Å². The van der Waals surface area contributed by atoms with Gasteiger partial charge in [-0.25, -0.2) is 13.4 Å². The molecule has 2 rings (SSSR count). The fraction of sp³-hybridized carbons (Fsp3) is 0.667. The molecular formula is C9H16N4O4S. The van der Waals surface area contributed by atoms with Gasteiger partial charge in [-0.1, -0.05) is 0 Å². The molecule has 0 aromatic carbocycles. The summed E-state index contributed by atoms with van der Waals surface area (Å²) in [7, 11) is -2.14. The van der Waals surface area contributed by atoms with Gasteiger partial charge in [0, 0.05) is 20.1 Å². The summed E-state index contributed by atoms with van der Waals surface area (Å²) in [4.78, 5) is 3.77. The summed E-state index contributed by atoms with van der Waals surface area (Å²) in [5.74, 6) is -0.0236. The van der Waals surface area contributed by atoms with Crippen LogP contribution in [0.3, 0.4) is 0 Å². The number of aromatic nitrogens is 2. The highest BCUT2D eigenvalue weighted by Gasteiger charge is 2.34. The lowest BCUT2D eigenvalue weighted by Crippen LogP contribution is -2.47. The number of aliphatic hydroxyl groups excluding tert-OH is 1.